The molecule has 0 aliphatic heterocycles. The molecule has 0 saturated carbocycles. The van der Waals surface area contributed by atoms with Crippen molar-refractivity contribution in [2.24, 2.45) is 5.16 Å². The summed E-state index contributed by atoms with van der Waals surface area (Å²) in [4.78, 5) is 22.8. The van der Waals surface area contributed by atoms with Crippen LogP contribution in [0.25, 0.3) is 0 Å². The maximum atomic E-state index is 12.3. The number of amides is 1. The zero-order valence-electron chi connectivity index (χ0n) is 12.1. The maximum absolute atomic E-state index is 12.3. The molecule has 5 nitrogen and oxygen atoms in total. The van der Waals surface area contributed by atoms with Gasteiger partial charge in [-0.2, -0.15) is 0 Å². The van der Waals surface area contributed by atoms with Crippen molar-refractivity contribution >= 4 is 12.1 Å². The lowest BCUT2D eigenvalue weighted by atomic mass is 10.1. The van der Waals surface area contributed by atoms with Gasteiger partial charge in [0.25, 0.3) is 5.91 Å². The number of hydrogen-bond donors (Lipinski definition) is 0. The van der Waals surface area contributed by atoms with E-state index in [1.54, 1.807) is 36.5 Å². The molecule has 0 saturated heterocycles. The molecule has 0 bridgehead atoms. The first-order valence-electron chi connectivity index (χ1n) is 6.52. The fourth-order valence-electron chi connectivity index (χ4n) is 1.85. The highest BCUT2D eigenvalue weighted by Gasteiger charge is 2.12. The van der Waals surface area contributed by atoms with Crippen LogP contribution in [0.1, 0.15) is 21.6 Å². The monoisotopic (exact) mass is 283 g/mol. The third-order valence-electron chi connectivity index (χ3n) is 2.94. The van der Waals surface area contributed by atoms with Crippen LogP contribution in [0.2, 0.25) is 0 Å². The molecule has 2 aromatic rings. The first-order valence-corrected chi connectivity index (χ1v) is 6.52. The van der Waals surface area contributed by atoms with Gasteiger partial charge in [0.05, 0.1) is 18.5 Å². The molecule has 0 unspecified atom stereocenters. The number of aromatic nitrogens is 1. The topological polar surface area (TPSA) is 54.8 Å². The Bertz CT molecular complexity index is 609. The van der Waals surface area contributed by atoms with Gasteiger partial charge in [0, 0.05) is 18.8 Å². The second-order valence-corrected chi connectivity index (χ2v) is 4.52. The van der Waals surface area contributed by atoms with Gasteiger partial charge in [-0.3, -0.25) is 9.78 Å². The van der Waals surface area contributed by atoms with Gasteiger partial charge in [-0.25, -0.2) is 0 Å². The Morgan fingerprint density at radius 2 is 2.05 bits per heavy atom. The van der Waals surface area contributed by atoms with Crippen LogP contribution < -0.4 is 0 Å². The predicted octanol–water partition coefficient (Wildman–Crippen LogP) is 2.33. The molecule has 1 amide bonds. The van der Waals surface area contributed by atoms with Crippen molar-refractivity contribution in [3.8, 4) is 0 Å². The molecule has 2 rings (SSSR count). The Morgan fingerprint density at radius 3 is 2.67 bits per heavy atom. The van der Waals surface area contributed by atoms with Crippen LogP contribution in [0, 0.1) is 0 Å². The number of benzene rings is 1. The first kappa shape index (κ1) is 14.7. The standard InChI is InChI=1S/C16H17N3O2/c1-19(12-15-5-3-4-10-17-15)16(20)14-8-6-13(7-9-14)11-18-21-2/h3-11H,12H2,1-2H3. The van der Waals surface area contributed by atoms with Crippen LogP contribution in [-0.2, 0) is 11.4 Å². The van der Waals surface area contributed by atoms with E-state index in [2.05, 4.69) is 15.0 Å². The highest BCUT2D eigenvalue weighted by molar-refractivity contribution is 5.94. The molecule has 108 valence electrons. The lowest BCUT2D eigenvalue weighted by Crippen LogP contribution is -2.26. The number of hydrogen-bond acceptors (Lipinski definition) is 4. The summed E-state index contributed by atoms with van der Waals surface area (Å²) < 4.78 is 0. The number of carbonyl (C=O) groups excluding carboxylic acids is 1. The predicted molar refractivity (Wildman–Crippen MR) is 81.1 cm³/mol. The van der Waals surface area contributed by atoms with E-state index in [1.165, 1.54) is 7.11 Å². The molecule has 0 fully saturated rings. The Labute approximate surface area is 123 Å². The molecule has 5 heteroatoms. The van der Waals surface area contributed by atoms with Crippen molar-refractivity contribution in [3.63, 3.8) is 0 Å². The summed E-state index contributed by atoms with van der Waals surface area (Å²) in [6.07, 6.45) is 3.31. The van der Waals surface area contributed by atoms with E-state index in [4.69, 9.17) is 0 Å². The van der Waals surface area contributed by atoms with Crippen molar-refractivity contribution in [1.29, 1.82) is 0 Å². The highest BCUT2D eigenvalue weighted by atomic mass is 16.6. The first-order chi connectivity index (χ1) is 10.2. The third-order valence-corrected chi connectivity index (χ3v) is 2.94. The number of oxime groups is 1. The summed E-state index contributed by atoms with van der Waals surface area (Å²) in [5.41, 5.74) is 2.36. The quantitative estimate of drug-likeness (QED) is 0.625. The van der Waals surface area contributed by atoms with Gasteiger partial charge >= 0.3 is 0 Å². The SMILES string of the molecule is CON=Cc1ccc(C(=O)N(C)Cc2ccccn2)cc1. The van der Waals surface area contributed by atoms with Gasteiger partial charge in [-0.05, 0) is 29.8 Å². The third kappa shape index (κ3) is 4.14. The molecule has 0 spiro atoms. The summed E-state index contributed by atoms with van der Waals surface area (Å²) in [7, 11) is 3.25. The van der Waals surface area contributed by atoms with Crippen molar-refractivity contribution in [3.05, 3.63) is 65.5 Å². The smallest absolute Gasteiger partial charge is 0.253 e. The van der Waals surface area contributed by atoms with E-state index in [9.17, 15) is 4.79 Å². The normalized spacial score (nSPS) is 10.6. The van der Waals surface area contributed by atoms with Gasteiger partial charge < -0.3 is 9.74 Å². The summed E-state index contributed by atoms with van der Waals surface area (Å²) in [5.74, 6) is -0.0455. The summed E-state index contributed by atoms with van der Waals surface area (Å²) in [5, 5.41) is 3.68. The number of pyridine rings is 1. The maximum Gasteiger partial charge on any atom is 0.253 e. The van der Waals surface area contributed by atoms with E-state index in [0.29, 0.717) is 12.1 Å². The van der Waals surface area contributed by atoms with Gasteiger partial charge in [-0.15, -0.1) is 0 Å². The average molecular weight is 283 g/mol. The van der Waals surface area contributed by atoms with Crippen molar-refractivity contribution in [2.75, 3.05) is 14.2 Å². The molecule has 1 aromatic heterocycles. The molecule has 0 atom stereocenters. The average Bonchev–Trinajstić information content (AvgIpc) is 2.53. The fourth-order valence-corrected chi connectivity index (χ4v) is 1.85. The van der Waals surface area contributed by atoms with Crippen LogP contribution in [0.15, 0.2) is 53.8 Å². The second-order valence-electron chi connectivity index (χ2n) is 4.52. The minimum absolute atomic E-state index is 0.0455. The molecule has 0 N–H and O–H groups in total. The largest absolute Gasteiger partial charge is 0.399 e. The zero-order valence-corrected chi connectivity index (χ0v) is 12.1. The number of rotatable bonds is 5. The van der Waals surface area contributed by atoms with E-state index in [0.717, 1.165) is 11.3 Å². The lowest BCUT2D eigenvalue weighted by molar-refractivity contribution is 0.0783. The second kappa shape index (κ2) is 7.19. The zero-order chi connectivity index (χ0) is 15.1. The fraction of sp³-hybridized carbons (Fsp3) is 0.188. The molecular weight excluding hydrogens is 266 g/mol. The minimum Gasteiger partial charge on any atom is -0.399 e. The van der Waals surface area contributed by atoms with Crippen LogP contribution in [-0.4, -0.2) is 36.2 Å². The van der Waals surface area contributed by atoms with E-state index in [-0.39, 0.29) is 5.91 Å². The van der Waals surface area contributed by atoms with Crippen LogP contribution >= 0.6 is 0 Å². The number of nitrogens with zero attached hydrogens (tertiary/aromatic N) is 3. The molecule has 0 aliphatic carbocycles. The molecule has 21 heavy (non-hydrogen) atoms. The summed E-state index contributed by atoms with van der Waals surface area (Å²) in [6, 6.07) is 12.8. The van der Waals surface area contributed by atoms with Crippen LogP contribution in [0.3, 0.4) is 0 Å². The Balaban J connectivity index is 2.03. The highest BCUT2D eigenvalue weighted by Crippen LogP contribution is 2.08. The molecule has 1 aromatic carbocycles. The van der Waals surface area contributed by atoms with Gasteiger partial charge in [0.1, 0.15) is 7.11 Å². The summed E-state index contributed by atoms with van der Waals surface area (Å²) in [6.45, 7) is 0.479. The Kier molecular flexibility index (Phi) is 5.04. The van der Waals surface area contributed by atoms with E-state index < -0.39 is 0 Å². The van der Waals surface area contributed by atoms with Gasteiger partial charge in [0.15, 0.2) is 0 Å². The number of carbonyl (C=O) groups is 1. The molecule has 0 radical (unpaired) electrons. The van der Waals surface area contributed by atoms with Crippen molar-refractivity contribution in [1.82, 2.24) is 9.88 Å². The lowest BCUT2D eigenvalue weighted by Gasteiger charge is -2.16. The van der Waals surface area contributed by atoms with Crippen LogP contribution in [0.4, 0.5) is 0 Å². The molecular formula is C16H17N3O2. The van der Waals surface area contributed by atoms with Gasteiger partial charge in [-0.1, -0.05) is 23.4 Å². The Hall–Kier alpha value is -2.69. The molecule has 0 aliphatic rings. The van der Waals surface area contributed by atoms with E-state index in [1.807, 2.05) is 30.3 Å². The van der Waals surface area contributed by atoms with Gasteiger partial charge in [0.2, 0.25) is 0 Å². The van der Waals surface area contributed by atoms with Crippen molar-refractivity contribution in [2.45, 2.75) is 6.54 Å². The van der Waals surface area contributed by atoms with E-state index >= 15 is 0 Å². The molecule has 1 heterocycles. The van der Waals surface area contributed by atoms with Crippen molar-refractivity contribution < 1.29 is 9.63 Å². The Morgan fingerprint density at radius 1 is 1.29 bits per heavy atom. The van der Waals surface area contributed by atoms with Crippen LogP contribution in [0.5, 0.6) is 0 Å². The minimum atomic E-state index is -0.0455. The summed E-state index contributed by atoms with van der Waals surface area (Å²) >= 11 is 0.